The number of rotatable bonds is 3. The summed E-state index contributed by atoms with van der Waals surface area (Å²) < 4.78 is 0. The molecule has 6 aromatic rings. The SMILES string of the molecule is N#Cc1ccc(-c2ccc([O-])cc2)cc1.N#Cc1ccc(-c2ccc([O-])cc2)cc1.N#Cc1ccc(-c2ccc([O-])cc2)cc1.[Al+3]. The van der Waals surface area contributed by atoms with E-state index in [9.17, 15) is 15.3 Å². The van der Waals surface area contributed by atoms with Crippen LogP contribution in [-0.2, 0) is 0 Å². The molecule has 0 saturated carbocycles. The van der Waals surface area contributed by atoms with E-state index in [0.29, 0.717) is 16.7 Å². The van der Waals surface area contributed by atoms with Crippen molar-refractivity contribution in [1.82, 2.24) is 0 Å². The van der Waals surface area contributed by atoms with E-state index in [4.69, 9.17) is 15.8 Å². The van der Waals surface area contributed by atoms with Gasteiger partial charge in [-0.3, -0.25) is 0 Å². The molecule has 6 rings (SSSR count). The Morgan fingerprint density at radius 3 is 0.587 bits per heavy atom. The molecule has 6 nitrogen and oxygen atoms in total. The van der Waals surface area contributed by atoms with Gasteiger partial charge in [0.05, 0.1) is 34.9 Å². The molecule has 0 aliphatic carbocycles. The Morgan fingerprint density at radius 1 is 0.283 bits per heavy atom. The summed E-state index contributed by atoms with van der Waals surface area (Å²) in [5.41, 5.74) is 7.90. The molecule has 0 fully saturated rings. The predicted octanol–water partition coefficient (Wildman–Crippen LogP) is 6.52. The first-order valence-electron chi connectivity index (χ1n) is 13.7. The second kappa shape index (κ2) is 17.1. The fourth-order valence-electron chi connectivity index (χ4n) is 4.15. The molecule has 6 aromatic carbocycles. The Bertz CT molecular complexity index is 1720. The maximum absolute atomic E-state index is 10.9. The van der Waals surface area contributed by atoms with Crippen molar-refractivity contribution in [1.29, 1.82) is 15.8 Å². The molecule has 216 valence electrons. The zero-order chi connectivity index (χ0) is 32.0. The first-order chi connectivity index (χ1) is 21.9. The summed E-state index contributed by atoms with van der Waals surface area (Å²) in [5, 5.41) is 58.7. The molecule has 0 unspecified atom stereocenters. The van der Waals surface area contributed by atoms with Crippen molar-refractivity contribution in [2.75, 3.05) is 0 Å². The van der Waals surface area contributed by atoms with Crippen molar-refractivity contribution in [2.45, 2.75) is 0 Å². The Labute approximate surface area is 278 Å². The fraction of sp³-hybridized carbons (Fsp3) is 0. The Balaban J connectivity index is 0.000000186. The van der Waals surface area contributed by atoms with Crippen LogP contribution < -0.4 is 15.3 Å². The first kappa shape index (κ1) is 34.2. The van der Waals surface area contributed by atoms with E-state index in [2.05, 4.69) is 18.2 Å². The summed E-state index contributed by atoms with van der Waals surface area (Å²) in [6.45, 7) is 0. The Hall–Kier alpha value is -6.28. The van der Waals surface area contributed by atoms with E-state index in [1.54, 1.807) is 72.8 Å². The van der Waals surface area contributed by atoms with Crippen molar-refractivity contribution in [3.63, 3.8) is 0 Å². The molecule has 0 saturated heterocycles. The third-order valence-corrected chi connectivity index (χ3v) is 6.60. The number of benzene rings is 6. The normalized spacial score (nSPS) is 9.33. The van der Waals surface area contributed by atoms with Crippen molar-refractivity contribution < 1.29 is 15.3 Å². The second-order valence-electron chi connectivity index (χ2n) is 9.64. The largest absolute Gasteiger partial charge is 3.00 e. The minimum atomic E-state index is 0. The number of hydrogen-bond acceptors (Lipinski definition) is 6. The standard InChI is InChI=1S/3C13H9NO.Al/c3*14-9-10-1-3-11(4-2-10)12-5-7-13(15)8-6-12;/h3*1-8,15H;/q;;;+3/p-3. The molecule has 0 aliphatic heterocycles. The fourth-order valence-corrected chi connectivity index (χ4v) is 4.15. The predicted molar refractivity (Wildman–Crippen MR) is 174 cm³/mol. The maximum atomic E-state index is 10.9. The van der Waals surface area contributed by atoms with Crippen LogP contribution in [0.3, 0.4) is 0 Å². The van der Waals surface area contributed by atoms with Crippen LogP contribution in [0.5, 0.6) is 17.2 Å². The third kappa shape index (κ3) is 9.89. The van der Waals surface area contributed by atoms with Gasteiger partial charge in [0.2, 0.25) is 0 Å². The van der Waals surface area contributed by atoms with Crippen molar-refractivity contribution in [3.05, 3.63) is 162 Å². The summed E-state index contributed by atoms with van der Waals surface area (Å²) in [6.07, 6.45) is 0. The molecule has 7 heteroatoms. The van der Waals surface area contributed by atoms with Crippen LogP contribution in [0.1, 0.15) is 16.7 Å². The average Bonchev–Trinajstić information content (AvgIpc) is 3.10. The quantitative estimate of drug-likeness (QED) is 0.209. The molecule has 0 N–H and O–H groups in total. The van der Waals surface area contributed by atoms with Gasteiger partial charge in [-0.15, -0.1) is 17.2 Å². The molecular formula is C39H24AlN3O3. The van der Waals surface area contributed by atoms with Gasteiger partial charge >= 0.3 is 17.4 Å². The van der Waals surface area contributed by atoms with Crippen molar-refractivity contribution in [2.24, 2.45) is 0 Å². The Kier molecular flexibility index (Phi) is 12.7. The molecule has 0 spiro atoms. The molecular weight excluding hydrogens is 585 g/mol. The van der Waals surface area contributed by atoms with E-state index in [1.165, 1.54) is 36.4 Å². The summed E-state index contributed by atoms with van der Waals surface area (Å²) >= 11 is 0. The summed E-state index contributed by atoms with van der Waals surface area (Å²) in [6, 6.07) is 47.9. The zero-order valence-corrected chi connectivity index (χ0v) is 25.7. The number of nitrogens with zero attached hydrogens (tertiary/aromatic N) is 3. The van der Waals surface area contributed by atoms with E-state index >= 15 is 0 Å². The minimum absolute atomic E-state index is 0. The molecule has 0 aliphatic rings. The van der Waals surface area contributed by atoms with E-state index in [-0.39, 0.29) is 34.6 Å². The van der Waals surface area contributed by atoms with E-state index in [1.807, 2.05) is 36.4 Å². The minimum Gasteiger partial charge on any atom is -0.872 e. The molecule has 0 aromatic heterocycles. The van der Waals surface area contributed by atoms with Gasteiger partial charge in [0.25, 0.3) is 0 Å². The molecule has 0 atom stereocenters. The van der Waals surface area contributed by atoms with Crippen LogP contribution in [0.4, 0.5) is 0 Å². The van der Waals surface area contributed by atoms with Gasteiger partial charge in [0.15, 0.2) is 0 Å². The smallest absolute Gasteiger partial charge is 0.872 e. The monoisotopic (exact) mass is 609 g/mol. The van der Waals surface area contributed by atoms with Crippen molar-refractivity contribution >= 4 is 17.4 Å². The third-order valence-electron chi connectivity index (χ3n) is 6.60. The van der Waals surface area contributed by atoms with E-state index in [0.717, 1.165) is 33.4 Å². The van der Waals surface area contributed by atoms with Gasteiger partial charge in [-0.2, -0.15) is 15.8 Å². The van der Waals surface area contributed by atoms with Crippen LogP contribution in [0.15, 0.2) is 146 Å². The topological polar surface area (TPSA) is 141 Å². The summed E-state index contributed by atoms with van der Waals surface area (Å²) in [4.78, 5) is 0. The van der Waals surface area contributed by atoms with Crippen LogP contribution in [0.25, 0.3) is 33.4 Å². The molecule has 0 amide bonds. The van der Waals surface area contributed by atoms with Crippen LogP contribution in [0, 0.1) is 34.0 Å². The summed E-state index contributed by atoms with van der Waals surface area (Å²) in [5.74, 6) is 0.0205. The van der Waals surface area contributed by atoms with Gasteiger partial charge in [-0.1, -0.05) is 109 Å². The number of nitriles is 3. The molecule has 46 heavy (non-hydrogen) atoms. The maximum Gasteiger partial charge on any atom is 3.00 e. The van der Waals surface area contributed by atoms with Gasteiger partial charge in [-0.05, 0) is 69.8 Å². The van der Waals surface area contributed by atoms with Gasteiger partial charge in [0, 0.05) is 0 Å². The molecule has 0 heterocycles. The van der Waals surface area contributed by atoms with Gasteiger partial charge in [-0.25, -0.2) is 0 Å². The second-order valence-corrected chi connectivity index (χ2v) is 9.64. The van der Waals surface area contributed by atoms with Crippen molar-refractivity contribution in [3.8, 4) is 68.8 Å². The Morgan fingerprint density at radius 2 is 0.435 bits per heavy atom. The summed E-state index contributed by atoms with van der Waals surface area (Å²) in [7, 11) is 0. The molecule has 0 radical (unpaired) electrons. The van der Waals surface area contributed by atoms with Crippen LogP contribution >= 0.6 is 0 Å². The van der Waals surface area contributed by atoms with Crippen LogP contribution in [0.2, 0.25) is 0 Å². The van der Waals surface area contributed by atoms with Gasteiger partial charge < -0.3 is 15.3 Å². The first-order valence-corrected chi connectivity index (χ1v) is 13.7. The van der Waals surface area contributed by atoms with Crippen LogP contribution in [-0.4, -0.2) is 17.4 Å². The molecule has 0 bridgehead atoms. The zero-order valence-electron chi connectivity index (χ0n) is 24.5. The average molecular weight is 610 g/mol. The van der Waals surface area contributed by atoms with Gasteiger partial charge in [0.1, 0.15) is 0 Å². The van der Waals surface area contributed by atoms with E-state index < -0.39 is 0 Å². The number of hydrogen-bond donors (Lipinski definition) is 0.